The highest BCUT2D eigenvalue weighted by Gasteiger charge is 2.30. The van der Waals surface area contributed by atoms with Crippen LogP contribution < -0.4 is 10.2 Å². The number of hydrogen-bond donors (Lipinski definition) is 2. The van der Waals surface area contributed by atoms with Gasteiger partial charge >= 0.3 is 6.18 Å². The van der Waals surface area contributed by atoms with Gasteiger partial charge in [-0.3, -0.25) is 5.10 Å². The fourth-order valence-electron chi connectivity index (χ4n) is 3.90. The molecule has 1 fully saturated rings. The van der Waals surface area contributed by atoms with Crippen LogP contribution in [-0.2, 0) is 17.5 Å². The lowest BCUT2D eigenvalue weighted by Crippen LogP contribution is -2.45. The first-order valence-electron chi connectivity index (χ1n) is 10.2. The Balaban J connectivity index is 1.41. The summed E-state index contributed by atoms with van der Waals surface area (Å²) in [6.07, 6.45) is -2.26. The van der Waals surface area contributed by atoms with Crippen LogP contribution in [0.1, 0.15) is 25.0 Å². The van der Waals surface area contributed by atoms with Gasteiger partial charge in [0, 0.05) is 36.6 Å². The van der Waals surface area contributed by atoms with E-state index in [1.54, 1.807) is 6.20 Å². The van der Waals surface area contributed by atoms with Crippen LogP contribution in [0.3, 0.4) is 0 Å². The summed E-state index contributed by atoms with van der Waals surface area (Å²) in [5.74, 6) is 0. The third kappa shape index (κ3) is 5.02. The largest absolute Gasteiger partial charge is 0.416 e. The first kappa shape index (κ1) is 21.2. The van der Waals surface area contributed by atoms with E-state index in [0.717, 1.165) is 42.2 Å². The third-order valence-electron chi connectivity index (χ3n) is 5.35. The molecule has 0 spiro atoms. The summed E-state index contributed by atoms with van der Waals surface area (Å²) >= 11 is 0. The van der Waals surface area contributed by atoms with Crippen LogP contribution in [0.2, 0.25) is 0 Å². The maximum atomic E-state index is 12.8. The number of ether oxygens (including phenoxy) is 1. The standard InChI is InChI=1S/C23H25F3N4O/c1-15-13-30(14-16(2)31-15)21-9-7-20(8-10-21)27-11-18-12-28-29-22(18)17-3-5-19(6-4-17)23(24,25)26/h3-10,12,15-16,27H,11,13-14H2,1-2H3,(H,28,29)/t15-,16+. The van der Waals surface area contributed by atoms with E-state index in [0.29, 0.717) is 17.8 Å². The van der Waals surface area contributed by atoms with E-state index >= 15 is 0 Å². The molecular formula is C23H25F3N4O. The van der Waals surface area contributed by atoms with Gasteiger partial charge in [-0.15, -0.1) is 0 Å². The summed E-state index contributed by atoms with van der Waals surface area (Å²) in [6.45, 7) is 6.39. The molecule has 2 heterocycles. The molecule has 0 radical (unpaired) electrons. The minimum Gasteiger partial charge on any atom is -0.381 e. The van der Waals surface area contributed by atoms with Crippen molar-refractivity contribution >= 4 is 11.4 Å². The molecule has 2 N–H and O–H groups in total. The van der Waals surface area contributed by atoms with Crippen LogP contribution >= 0.6 is 0 Å². The van der Waals surface area contributed by atoms with E-state index in [4.69, 9.17) is 4.74 Å². The lowest BCUT2D eigenvalue weighted by Gasteiger charge is -2.36. The van der Waals surface area contributed by atoms with Gasteiger partial charge in [0.15, 0.2) is 0 Å². The predicted octanol–water partition coefficient (Wildman–Crippen LogP) is 5.32. The number of hydrogen-bond acceptors (Lipinski definition) is 4. The average Bonchev–Trinajstić information content (AvgIpc) is 3.20. The molecule has 164 valence electrons. The fraction of sp³-hybridized carbons (Fsp3) is 0.348. The highest BCUT2D eigenvalue weighted by molar-refractivity contribution is 5.64. The number of aromatic amines is 1. The first-order valence-corrected chi connectivity index (χ1v) is 10.2. The molecule has 0 aliphatic carbocycles. The van der Waals surface area contributed by atoms with E-state index in [-0.39, 0.29) is 12.2 Å². The van der Waals surface area contributed by atoms with Crippen molar-refractivity contribution in [2.45, 2.75) is 38.8 Å². The number of nitrogens with one attached hydrogen (secondary N) is 2. The second-order valence-corrected chi connectivity index (χ2v) is 7.91. The van der Waals surface area contributed by atoms with E-state index in [9.17, 15) is 13.2 Å². The van der Waals surface area contributed by atoms with Crippen molar-refractivity contribution in [3.63, 3.8) is 0 Å². The molecule has 0 bridgehead atoms. The summed E-state index contributed by atoms with van der Waals surface area (Å²) < 4.78 is 44.2. The average molecular weight is 430 g/mol. The van der Waals surface area contributed by atoms with Gasteiger partial charge in [-0.25, -0.2) is 0 Å². The van der Waals surface area contributed by atoms with Crippen molar-refractivity contribution in [3.05, 3.63) is 65.9 Å². The minimum atomic E-state index is -4.35. The molecule has 0 amide bonds. The smallest absolute Gasteiger partial charge is 0.381 e. The van der Waals surface area contributed by atoms with E-state index in [2.05, 4.69) is 46.4 Å². The Morgan fingerprint density at radius 1 is 1.03 bits per heavy atom. The Labute approximate surface area is 179 Å². The van der Waals surface area contributed by atoms with Crippen molar-refractivity contribution in [2.75, 3.05) is 23.3 Å². The highest BCUT2D eigenvalue weighted by atomic mass is 19.4. The molecule has 0 saturated carbocycles. The third-order valence-corrected chi connectivity index (χ3v) is 5.35. The lowest BCUT2D eigenvalue weighted by molar-refractivity contribution is -0.137. The van der Waals surface area contributed by atoms with Gasteiger partial charge in [0.05, 0.1) is 29.7 Å². The van der Waals surface area contributed by atoms with Crippen molar-refractivity contribution in [1.29, 1.82) is 0 Å². The lowest BCUT2D eigenvalue weighted by atomic mass is 10.1. The number of benzene rings is 2. The van der Waals surface area contributed by atoms with Crippen molar-refractivity contribution in [2.24, 2.45) is 0 Å². The Bertz CT molecular complexity index is 989. The molecule has 0 unspecified atom stereocenters. The van der Waals surface area contributed by atoms with Gasteiger partial charge in [0.25, 0.3) is 0 Å². The van der Waals surface area contributed by atoms with Crippen molar-refractivity contribution in [3.8, 4) is 11.3 Å². The Morgan fingerprint density at radius 2 is 1.68 bits per heavy atom. The number of halogens is 3. The molecule has 1 saturated heterocycles. The Hall–Kier alpha value is -3.00. The normalized spacial score (nSPS) is 19.5. The number of anilines is 2. The summed E-state index contributed by atoms with van der Waals surface area (Å²) in [5, 5.41) is 10.3. The second-order valence-electron chi connectivity index (χ2n) is 7.91. The molecule has 4 rings (SSSR count). The van der Waals surface area contributed by atoms with Gasteiger partial charge in [0.2, 0.25) is 0 Å². The molecule has 2 atom stereocenters. The number of H-pyrrole nitrogens is 1. The number of aromatic nitrogens is 2. The maximum Gasteiger partial charge on any atom is 0.416 e. The van der Waals surface area contributed by atoms with E-state index in [1.807, 2.05) is 12.1 Å². The Morgan fingerprint density at radius 3 is 2.29 bits per heavy atom. The van der Waals surface area contributed by atoms with Crippen molar-refractivity contribution < 1.29 is 17.9 Å². The first-order chi connectivity index (χ1) is 14.8. The minimum absolute atomic E-state index is 0.200. The summed E-state index contributed by atoms with van der Waals surface area (Å²) in [5.41, 5.74) is 3.68. The zero-order valence-corrected chi connectivity index (χ0v) is 17.4. The molecule has 1 aromatic heterocycles. The van der Waals surface area contributed by atoms with Gasteiger partial charge < -0.3 is 15.0 Å². The van der Waals surface area contributed by atoms with Crippen LogP contribution in [0, 0.1) is 0 Å². The van der Waals surface area contributed by atoms with Gasteiger partial charge in [-0.2, -0.15) is 18.3 Å². The fourth-order valence-corrected chi connectivity index (χ4v) is 3.90. The summed E-state index contributed by atoms with van der Waals surface area (Å²) in [7, 11) is 0. The maximum absolute atomic E-state index is 12.8. The predicted molar refractivity (Wildman–Crippen MR) is 115 cm³/mol. The summed E-state index contributed by atoms with van der Waals surface area (Å²) in [4.78, 5) is 2.32. The molecule has 8 heteroatoms. The topological polar surface area (TPSA) is 53.2 Å². The zero-order chi connectivity index (χ0) is 22.0. The SMILES string of the molecule is C[C@@H]1CN(c2ccc(NCc3cn[nH]c3-c3ccc(C(F)(F)F)cc3)cc2)C[C@H](C)O1. The number of nitrogens with zero attached hydrogens (tertiary/aromatic N) is 2. The zero-order valence-electron chi connectivity index (χ0n) is 17.4. The molecule has 2 aromatic carbocycles. The van der Waals surface area contributed by atoms with E-state index in [1.165, 1.54) is 12.1 Å². The quantitative estimate of drug-likeness (QED) is 0.575. The van der Waals surface area contributed by atoms with Crippen LogP contribution in [0.4, 0.5) is 24.5 Å². The van der Waals surface area contributed by atoms with E-state index < -0.39 is 11.7 Å². The molecule has 3 aromatic rings. The molecule has 1 aliphatic heterocycles. The highest BCUT2D eigenvalue weighted by Crippen LogP contribution is 2.31. The monoisotopic (exact) mass is 430 g/mol. The van der Waals surface area contributed by atoms with Gasteiger partial charge in [-0.1, -0.05) is 12.1 Å². The second kappa shape index (κ2) is 8.63. The van der Waals surface area contributed by atoms with Crippen LogP contribution in [0.25, 0.3) is 11.3 Å². The Kier molecular flexibility index (Phi) is 5.91. The number of morpholine rings is 1. The molecule has 31 heavy (non-hydrogen) atoms. The van der Waals surface area contributed by atoms with Gasteiger partial charge in [0.1, 0.15) is 0 Å². The number of alkyl halides is 3. The van der Waals surface area contributed by atoms with Crippen LogP contribution in [0.5, 0.6) is 0 Å². The van der Waals surface area contributed by atoms with Crippen LogP contribution in [-0.4, -0.2) is 35.5 Å². The van der Waals surface area contributed by atoms with Gasteiger partial charge in [-0.05, 0) is 55.8 Å². The molecular weight excluding hydrogens is 405 g/mol. The molecule has 5 nitrogen and oxygen atoms in total. The number of rotatable bonds is 5. The molecule has 1 aliphatic rings. The van der Waals surface area contributed by atoms with Crippen LogP contribution in [0.15, 0.2) is 54.7 Å². The van der Waals surface area contributed by atoms with Crippen molar-refractivity contribution in [1.82, 2.24) is 10.2 Å². The summed E-state index contributed by atoms with van der Waals surface area (Å²) in [6, 6.07) is 13.3.